The lowest BCUT2D eigenvalue weighted by Crippen LogP contribution is -2.28. The van der Waals surface area contributed by atoms with Gasteiger partial charge in [0.25, 0.3) is 0 Å². The van der Waals surface area contributed by atoms with Crippen molar-refractivity contribution in [2.24, 2.45) is 11.8 Å². The minimum atomic E-state index is -0.907. The maximum atomic E-state index is 11.5. The zero-order chi connectivity index (χ0) is 11.4. The summed E-state index contributed by atoms with van der Waals surface area (Å²) in [5.74, 6) is -2.56. The first kappa shape index (κ1) is 11.6. The highest BCUT2D eigenvalue weighted by Gasteiger charge is 2.45. The number of ether oxygens (including phenoxy) is 1. The summed E-state index contributed by atoms with van der Waals surface area (Å²) in [6, 6.07) is 0. The standard InChI is InChI=1S/C11H14O4/c1-3-5-7-8(12)6-9(13)10(7)11(14)15-4-2/h3,7,10H,1,4-6H2,2H3. The molecule has 0 bridgehead atoms. The number of carbonyl (C=O) groups is 3. The van der Waals surface area contributed by atoms with E-state index in [0.29, 0.717) is 6.42 Å². The van der Waals surface area contributed by atoms with Crippen LogP contribution in [0.3, 0.4) is 0 Å². The van der Waals surface area contributed by atoms with Crippen LogP contribution in [0.15, 0.2) is 12.7 Å². The molecule has 2 atom stereocenters. The summed E-state index contributed by atoms with van der Waals surface area (Å²) in [6.07, 6.45) is 1.75. The molecule has 0 N–H and O–H groups in total. The van der Waals surface area contributed by atoms with Crippen LogP contribution in [0.1, 0.15) is 19.8 Å². The average Bonchev–Trinajstić information content (AvgIpc) is 2.43. The molecule has 0 spiro atoms. The molecule has 0 aromatic carbocycles. The molecule has 2 unspecified atom stereocenters. The number of rotatable bonds is 4. The topological polar surface area (TPSA) is 60.4 Å². The van der Waals surface area contributed by atoms with Crippen LogP contribution >= 0.6 is 0 Å². The van der Waals surface area contributed by atoms with Gasteiger partial charge in [0, 0.05) is 5.92 Å². The number of Topliss-reactive ketones (excluding diaryl/α,β-unsaturated/α-hetero) is 2. The molecule has 4 nitrogen and oxygen atoms in total. The first-order valence-corrected chi connectivity index (χ1v) is 4.94. The van der Waals surface area contributed by atoms with Crippen molar-refractivity contribution in [3.63, 3.8) is 0 Å². The maximum absolute atomic E-state index is 11.5. The van der Waals surface area contributed by atoms with E-state index in [1.807, 2.05) is 0 Å². The van der Waals surface area contributed by atoms with Crippen molar-refractivity contribution < 1.29 is 19.1 Å². The van der Waals surface area contributed by atoms with E-state index in [4.69, 9.17) is 4.74 Å². The minimum Gasteiger partial charge on any atom is -0.465 e. The van der Waals surface area contributed by atoms with Gasteiger partial charge in [-0.15, -0.1) is 6.58 Å². The van der Waals surface area contributed by atoms with Crippen LogP contribution in [0.25, 0.3) is 0 Å². The molecular weight excluding hydrogens is 196 g/mol. The quantitative estimate of drug-likeness (QED) is 0.393. The zero-order valence-electron chi connectivity index (χ0n) is 8.69. The zero-order valence-corrected chi connectivity index (χ0v) is 8.69. The third-order valence-electron chi connectivity index (χ3n) is 2.47. The van der Waals surface area contributed by atoms with E-state index >= 15 is 0 Å². The Bertz CT molecular complexity index is 306. The van der Waals surface area contributed by atoms with Crippen molar-refractivity contribution >= 4 is 17.5 Å². The number of esters is 1. The first-order valence-electron chi connectivity index (χ1n) is 4.94. The molecule has 0 aromatic rings. The van der Waals surface area contributed by atoms with Crippen molar-refractivity contribution in [1.29, 1.82) is 0 Å². The molecule has 0 radical (unpaired) electrons. The molecule has 0 aromatic heterocycles. The van der Waals surface area contributed by atoms with Crippen LogP contribution in [-0.4, -0.2) is 24.1 Å². The Morgan fingerprint density at radius 1 is 1.53 bits per heavy atom. The molecule has 15 heavy (non-hydrogen) atoms. The van der Waals surface area contributed by atoms with Crippen molar-refractivity contribution in [1.82, 2.24) is 0 Å². The molecule has 82 valence electrons. The first-order chi connectivity index (χ1) is 7.11. The summed E-state index contributed by atoms with van der Waals surface area (Å²) < 4.78 is 4.77. The van der Waals surface area contributed by atoms with Crippen LogP contribution in [-0.2, 0) is 19.1 Å². The minimum absolute atomic E-state index is 0.151. The molecule has 1 aliphatic rings. The molecule has 1 fully saturated rings. The normalized spacial score (nSPS) is 25.4. The monoisotopic (exact) mass is 210 g/mol. The Morgan fingerprint density at radius 3 is 2.73 bits per heavy atom. The van der Waals surface area contributed by atoms with Gasteiger partial charge in [0.05, 0.1) is 13.0 Å². The van der Waals surface area contributed by atoms with Crippen LogP contribution < -0.4 is 0 Å². The Balaban J connectivity index is 2.82. The van der Waals surface area contributed by atoms with Gasteiger partial charge in [0.2, 0.25) is 0 Å². The van der Waals surface area contributed by atoms with Crippen molar-refractivity contribution in [2.45, 2.75) is 19.8 Å². The molecule has 0 heterocycles. The number of carbonyl (C=O) groups excluding carboxylic acids is 3. The molecule has 1 saturated carbocycles. The Kier molecular flexibility index (Phi) is 3.77. The van der Waals surface area contributed by atoms with E-state index in [-0.39, 0.29) is 24.6 Å². The SMILES string of the molecule is C=CCC1C(=O)CC(=O)C1C(=O)OCC. The van der Waals surface area contributed by atoms with Gasteiger partial charge in [-0.3, -0.25) is 14.4 Å². The summed E-state index contributed by atoms with van der Waals surface area (Å²) in [5, 5.41) is 0. The summed E-state index contributed by atoms with van der Waals surface area (Å²) >= 11 is 0. The van der Waals surface area contributed by atoms with Crippen molar-refractivity contribution in [3.8, 4) is 0 Å². The molecule has 1 aliphatic carbocycles. The lowest BCUT2D eigenvalue weighted by Gasteiger charge is -2.13. The smallest absolute Gasteiger partial charge is 0.317 e. The van der Waals surface area contributed by atoms with Gasteiger partial charge >= 0.3 is 5.97 Å². The highest BCUT2D eigenvalue weighted by molar-refractivity contribution is 6.16. The fourth-order valence-electron chi connectivity index (χ4n) is 1.80. The summed E-state index contributed by atoms with van der Waals surface area (Å²) in [4.78, 5) is 34.3. The van der Waals surface area contributed by atoms with Crippen LogP contribution in [0.4, 0.5) is 0 Å². The molecule has 0 amide bonds. The predicted octanol–water partition coefficient (Wildman–Crippen LogP) is 0.900. The van der Waals surface area contributed by atoms with Gasteiger partial charge in [0.15, 0.2) is 5.78 Å². The van der Waals surface area contributed by atoms with Crippen molar-refractivity contribution in [2.75, 3.05) is 6.61 Å². The van der Waals surface area contributed by atoms with E-state index in [9.17, 15) is 14.4 Å². The van der Waals surface area contributed by atoms with Crippen molar-refractivity contribution in [3.05, 3.63) is 12.7 Å². The van der Waals surface area contributed by atoms with Gasteiger partial charge in [-0.25, -0.2) is 0 Å². The van der Waals surface area contributed by atoms with Crippen LogP contribution in [0.2, 0.25) is 0 Å². The second kappa shape index (κ2) is 4.87. The molecule has 0 aliphatic heterocycles. The maximum Gasteiger partial charge on any atom is 0.317 e. The summed E-state index contributed by atoms with van der Waals surface area (Å²) in [5.41, 5.74) is 0. The van der Waals surface area contributed by atoms with Gasteiger partial charge in [-0.2, -0.15) is 0 Å². The van der Waals surface area contributed by atoms with E-state index < -0.39 is 17.8 Å². The summed E-state index contributed by atoms with van der Waals surface area (Å²) in [7, 11) is 0. The van der Waals surface area contributed by atoms with Gasteiger partial charge in [0.1, 0.15) is 11.7 Å². The third kappa shape index (κ3) is 2.32. The highest BCUT2D eigenvalue weighted by Crippen LogP contribution is 2.29. The summed E-state index contributed by atoms with van der Waals surface area (Å²) in [6.45, 7) is 5.40. The van der Waals surface area contributed by atoms with E-state index in [0.717, 1.165) is 0 Å². The largest absolute Gasteiger partial charge is 0.465 e. The number of hydrogen-bond acceptors (Lipinski definition) is 4. The Hall–Kier alpha value is -1.45. The average molecular weight is 210 g/mol. The fraction of sp³-hybridized carbons (Fsp3) is 0.545. The third-order valence-corrected chi connectivity index (χ3v) is 2.47. The molecule has 1 rings (SSSR count). The van der Waals surface area contributed by atoms with E-state index in [2.05, 4.69) is 6.58 Å². The highest BCUT2D eigenvalue weighted by atomic mass is 16.5. The van der Waals surface area contributed by atoms with Crippen LogP contribution in [0.5, 0.6) is 0 Å². The Morgan fingerprint density at radius 2 is 2.20 bits per heavy atom. The van der Waals surface area contributed by atoms with Gasteiger partial charge in [-0.05, 0) is 13.3 Å². The van der Waals surface area contributed by atoms with E-state index in [1.54, 1.807) is 13.0 Å². The fourth-order valence-corrected chi connectivity index (χ4v) is 1.80. The van der Waals surface area contributed by atoms with Gasteiger partial charge in [-0.1, -0.05) is 6.08 Å². The van der Waals surface area contributed by atoms with E-state index in [1.165, 1.54) is 0 Å². The molecule has 4 heteroatoms. The second-order valence-electron chi connectivity index (χ2n) is 3.47. The van der Waals surface area contributed by atoms with Gasteiger partial charge < -0.3 is 4.74 Å². The lowest BCUT2D eigenvalue weighted by molar-refractivity contribution is -0.152. The number of hydrogen-bond donors (Lipinski definition) is 0. The molecule has 0 saturated heterocycles. The predicted molar refractivity (Wildman–Crippen MR) is 53.1 cm³/mol. The Labute approximate surface area is 88.3 Å². The lowest BCUT2D eigenvalue weighted by atomic mass is 9.92. The number of allylic oxidation sites excluding steroid dienone is 1. The second-order valence-corrected chi connectivity index (χ2v) is 3.47. The van der Waals surface area contributed by atoms with Crippen LogP contribution in [0, 0.1) is 11.8 Å². The molecular formula is C11H14O4. The number of ketones is 2.